The quantitative estimate of drug-likeness (QED) is 0.537. The molecule has 1 unspecified atom stereocenters. The Morgan fingerprint density at radius 3 is 2.52 bits per heavy atom. The summed E-state index contributed by atoms with van der Waals surface area (Å²) in [5.74, 6) is 1.92. The molecule has 0 bridgehead atoms. The minimum atomic E-state index is 0.439. The Morgan fingerprint density at radius 1 is 1.12 bits per heavy atom. The van der Waals surface area contributed by atoms with Crippen molar-refractivity contribution in [1.82, 2.24) is 9.97 Å². The Kier molecular flexibility index (Phi) is 6.42. The molecule has 0 aliphatic rings. The van der Waals surface area contributed by atoms with E-state index >= 15 is 0 Å². The lowest BCUT2D eigenvalue weighted by molar-refractivity contribution is 0.414. The minimum Gasteiger partial charge on any atom is -0.497 e. The minimum absolute atomic E-state index is 0.439. The van der Waals surface area contributed by atoms with Crippen LogP contribution in [0.25, 0.3) is 0 Å². The average Bonchev–Trinajstić information content (AvgIpc) is 3.15. The van der Waals surface area contributed by atoms with E-state index < -0.39 is 0 Å². The van der Waals surface area contributed by atoms with Crippen LogP contribution in [0.2, 0.25) is 5.02 Å². The first-order valence-electron chi connectivity index (χ1n) is 8.26. The van der Waals surface area contributed by atoms with Crippen LogP contribution in [0.15, 0.2) is 65.8 Å². The lowest BCUT2D eigenvalue weighted by Gasteiger charge is -2.16. The highest BCUT2D eigenvalue weighted by Crippen LogP contribution is 2.29. The summed E-state index contributed by atoms with van der Waals surface area (Å²) in [4.78, 5) is 8.83. The molecule has 3 aromatic rings. The van der Waals surface area contributed by atoms with Crippen LogP contribution in [0.4, 0.5) is 0 Å². The van der Waals surface area contributed by atoms with Crippen molar-refractivity contribution in [2.75, 3.05) is 7.11 Å². The van der Waals surface area contributed by atoms with Gasteiger partial charge in [0.2, 0.25) is 0 Å². The monoisotopic (exact) mass is 372 g/mol. The van der Waals surface area contributed by atoms with E-state index in [1.54, 1.807) is 7.11 Å². The van der Waals surface area contributed by atoms with Crippen molar-refractivity contribution in [1.29, 1.82) is 0 Å². The molecule has 25 heavy (non-hydrogen) atoms. The third-order valence-electron chi connectivity index (χ3n) is 4.01. The summed E-state index contributed by atoms with van der Waals surface area (Å²) in [7, 11) is 1.69. The number of halogens is 1. The fraction of sp³-hybridized carbons (Fsp3) is 0.250. The van der Waals surface area contributed by atoms with Crippen LogP contribution in [0.5, 0.6) is 5.75 Å². The van der Waals surface area contributed by atoms with Crippen LogP contribution >= 0.6 is 23.4 Å². The summed E-state index contributed by atoms with van der Waals surface area (Å²) in [6.45, 7) is 0. The van der Waals surface area contributed by atoms with E-state index in [4.69, 9.17) is 16.3 Å². The van der Waals surface area contributed by atoms with Crippen molar-refractivity contribution >= 4 is 23.4 Å². The van der Waals surface area contributed by atoms with Crippen LogP contribution in [0.3, 0.4) is 0 Å². The molecule has 1 N–H and O–H groups in total. The number of nitrogens with zero attached hydrogens (tertiary/aromatic N) is 1. The summed E-state index contributed by atoms with van der Waals surface area (Å²) in [5.41, 5.74) is 1.32. The van der Waals surface area contributed by atoms with E-state index in [1.165, 1.54) is 10.5 Å². The van der Waals surface area contributed by atoms with E-state index in [0.717, 1.165) is 35.9 Å². The fourth-order valence-corrected chi connectivity index (χ4v) is 3.93. The number of aromatic amines is 1. The number of imidazole rings is 1. The maximum Gasteiger partial charge on any atom is 0.118 e. The molecule has 1 heterocycles. The van der Waals surface area contributed by atoms with Gasteiger partial charge in [0, 0.05) is 34.0 Å². The first kappa shape index (κ1) is 17.9. The molecule has 0 amide bonds. The van der Waals surface area contributed by atoms with Gasteiger partial charge in [-0.15, -0.1) is 11.8 Å². The van der Waals surface area contributed by atoms with Crippen LogP contribution < -0.4 is 4.74 Å². The molecule has 0 aliphatic heterocycles. The van der Waals surface area contributed by atoms with Crippen LogP contribution in [0.1, 0.15) is 17.8 Å². The molecule has 3 rings (SSSR count). The molecule has 0 saturated heterocycles. The number of rotatable bonds is 8. The number of ether oxygens (including phenoxy) is 1. The lowest BCUT2D eigenvalue weighted by Crippen LogP contribution is -2.10. The highest BCUT2D eigenvalue weighted by Gasteiger charge is 2.13. The van der Waals surface area contributed by atoms with Crippen molar-refractivity contribution in [3.63, 3.8) is 0 Å². The second-order valence-electron chi connectivity index (χ2n) is 5.82. The van der Waals surface area contributed by atoms with Gasteiger partial charge in [0.15, 0.2) is 0 Å². The SMILES string of the molecule is COc1ccc(CCC(Cc2ncc[nH]2)Sc2ccc(Cl)cc2)cc1. The number of aromatic nitrogens is 2. The van der Waals surface area contributed by atoms with Gasteiger partial charge in [0.1, 0.15) is 11.6 Å². The molecule has 1 atom stereocenters. The third kappa shape index (κ3) is 5.55. The summed E-state index contributed by atoms with van der Waals surface area (Å²) in [6.07, 6.45) is 6.69. The van der Waals surface area contributed by atoms with E-state index in [1.807, 2.05) is 48.4 Å². The van der Waals surface area contributed by atoms with E-state index in [2.05, 4.69) is 34.2 Å². The Labute approximate surface area is 157 Å². The molecular formula is C20H21ClN2OS. The second kappa shape index (κ2) is 8.97. The summed E-state index contributed by atoms with van der Waals surface area (Å²) in [6, 6.07) is 16.3. The first-order chi connectivity index (χ1) is 12.2. The van der Waals surface area contributed by atoms with Crippen molar-refractivity contribution in [2.24, 2.45) is 0 Å². The normalized spacial score (nSPS) is 12.1. The van der Waals surface area contributed by atoms with Crippen molar-refractivity contribution in [3.05, 3.63) is 77.3 Å². The largest absolute Gasteiger partial charge is 0.497 e. The molecule has 130 valence electrons. The average molecular weight is 373 g/mol. The lowest BCUT2D eigenvalue weighted by atomic mass is 10.1. The van der Waals surface area contributed by atoms with Crippen molar-refractivity contribution in [2.45, 2.75) is 29.4 Å². The Hall–Kier alpha value is -1.91. The van der Waals surface area contributed by atoms with Gasteiger partial charge in [0.05, 0.1) is 7.11 Å². The topological polar surface area (TPSA) is 37.9 Å². The van der Waals surface area contributed by atoms with Gasteiger partial charge in [-0.3, -0.25) is 0 Å². The van der Waals surface area contributed by atoms with Gasteiger partial charge < -0.3 is 9.72 Å². The predicted molar refractivity (Wildman–Crippen MR) is 105 cm³/mol. The molecule has 0 fully saturated rings. The zero-order chi connectivity index (χ0) is 17.5. The zero-order valence-electron chi connectivity index (χ0n) is 14.1. The molecule has 0 radical (unpaired) electrons. The highest BCUT2D eigenvalue weighted by molar-refractivity contribution is 8.00. The first-order valence-corrected chi connectivity index (χ1v) is 9.52. The molecule has 0 saturated carbocycles. The van der Waals surface area contributed by atoms with Crippen LogP contribution in [-0.2, 0) is 12.8 Å². The molecule has 2 aromatic carbocycles. The molecule has 5 heteroatoms. The van der Waals surface area contributed by atoms with Gasteiger partial charge in [-0.25, -0.2) is 4.98 Å². The predicted octanol–water partition coefficient (Wildman–Crippen LogP) is 5.41. The molecule has 0 spiro atoms. The number of hydrogen-bond donors (Lipinski definition) is 1. The smallest absolute Gasteiger partial charge is 0.118 e. The third-order valence-corrected chi connectivity index (χ3v) is 5.54. The molecule has 0 aliphatic carbocycles. The van der Waals surface area contributed by atoms with Gasteiger partial charge in [-0.1, -0.05) is 23.7 Å². The van der Waals surface area contributed by atoms with E-state index in [9.17, 15) is 0 Å². The number of benzene rings is 2. The second-order valence-corrected chi connectivity index (χ2v) is 7.63. The van der Waals surface area contributed by atoms with E-state index in [-0.39, 0.29) is 0 Å². The molecule has 3 nitrogen and oxygen atoms in total. The van der Waals surface area contributed by atoms with Gasteiger partial charge >= 0.3 is 0 Å². The Balaban J connectivity index is 1.65. The standard InChI is InChI=1S/C20H21ClN2OS/c1-24-17-7-2-15(3-8-17)4-9-19(14-20-22-12-13-23-20)25-18-10-5-16(21)6-11-18/h2-3,5-8,10-13,19H,4,9,14H2,1H3,(H,22,23). The number of nitrogens with one attached hydrogen (secondary N) is 1. The van der Waals surface area contributed by atoms with Gasteiger partial charge in [0.25, 0.3) is 0 Å². The van der Waals surface area contributed by atoms with Crippen molar-refractivity contribution < 1.29 is 4.74 Å². The maximum absolute atomic E-state index is 5.99. The molecular weight excluding hydrogens is 352 g/mol. The zero-order valence-corrected chi connectivity index (χ0v) is 15.7. The van der Waals surface area contributed by atoms with Crippen LogP contribution in [-0.4, -0.2) is 22.3 Å². The van der Waals surface area contributed by atoms with Gasteiger partial charge in [-0.2, -0.15) is 0 Å². The van der Waals surface area contributed by atoms with Crippen LogP contribution in [0, 0.1) is 0 Å². The van der Waals surface area contributed by atoms with Crippen molar-refractivity contribution in [3.8, 4) is 5.75 Å². The maximum atomic E-state index is 5.99. The summed E-state index contributed by atoms with van der Waals surface area (Å²) in [5, 5.41) is 1.21. The number of hydrogen-bond acceptors (Lipinski definition) is 3. The number of H-pyrrole nitrogens is 1. The molecule has 1 aromatic heterocycles. The highest BCUT2D eigenvalue weighted by atomic mass is 35.5. The summed E-state index contributed by atoms with van der Waals surface area (Å²) < 4.78 is 5.23. The number of methoxy groups -OCH3 is 1. The Bertz CT molecular complexity index is 757. The Morgan fingerprint density at radius 2 is 1.88 bits per heavy atom. The number of thioether (sulfide) groups is 1. The van der Waals surface area contributed by atoms with E-state index in [0.29, 0.717) is 5.25 Å². The number of aryl methyl sites for hydroxylation is 1. The fourth-order valence-electron chi connectivity index (χ4n) is 2.65. The van der Waals surface area contributed by atoms with Gasteiger partial charge in [-0.05, 0) is 54.8 Å². The summed E-state index contributed by atoms with van der Waals surface area (Å²) >= 11 is 7.87.